The molecular formula is C22H28ClN3O3. The summed E-state index contributed by atoms with van der Waals surface area (Å²) in [5, 5.41) is 13.1. The average molecular weight is 418 g/mol. The summed E-state index contributed by atoms with van der Waals surface area (Å²) in [6, 6.07) is 8.35. The molecule has 1 saturated heterocycles. The number of hydrogen-bond acceptors (Lipinski definition) is 5. The molecule has 2 heterocycles. The van der Waals surface area contributed by atoms with Gasteiger partial charge in [0.05, 0.1) is 6.04 Å². The lowest BCUT2D eigenvalue weighted by Gasteiger charge is -2.21. The van der Waals surface area contributed by atoms with Gasteiger partial charge in [-0.25, -0.2) is 9.78 Å². The highest BCUT2D eigenvalue weighted by molar-refractivity contribution is 6.31. The van der Waals surface area contributed by atoms with E-state index in [2.05, 4.69) is 40.3 Å². The maximum atomic E-state index is 10.7. The second-order valence-electron chi connectivity index (χ2n) is 7.64. The lowest BCUT2D eigenvalue weighted by atomic mass is 10.0. The normalized spacial score (nSPS) is 17.9. The molecule has 1 aliphatic heterocycles. The van der Waals surface area contributed by atoms with Crippen molar-refractivity contribution in [2.45, 2.75) is 52.3 Å². The van der Waals surface area contributed by atoms with Gasteiger partial charge in [0.2, 0.25) is 0 Å². The summed E-state index contributed by atoms with van der Waals surface area (Å²) in [5.74, 6) is 0.836. The molecule has 2 N–H and O–H groups in total. The third-order valence-corrected chi connectivity index (χ3v) is 5.84. The number of pyridine rings is 1. The molecule has 0 saturated carbocycles. The van der Waals surface area contributed by atoms with Gasteiger partial charge < -0.3 is 15.2 Å². The fourth-order valence-electron chi connectivity index (χ4n) is 3.72. The number of carboxylic acid groups (broad SMARTS) is 1. The molecule has 1 fully saturated rings. The van der Waals surface area contributed by atoms with Gasteiger partial charge in [-0.15, -0.1) is 0 Å². The first-order valence-electron chi connectivity index (χ1n) is 9.95. The molecule has 2 aromatic rings. The number of aryl methyl sites for hydroxylation is 2. The Kier molecular flexibility index (Phi) is 6.98. The Balaban J connectivity index is 1.69. The standard InChI is InChI=1S/C22H28ClN3O3/c1-4-20(16-5-6-19(23)14(2)9-16)25-21-10-17(15(3)11-24-21)12-26-8-7-18(13-26)29-22(27)28/h5-6,9-11,18,20H,4,7-8,12-13H2,1-3H3,(H,24,25)(H,27,28)/t18-,20-/m1/s1. The maximum Gasteiger partial charge on any atom is 0.506 e. The van der Waals surface area contributed by atoms with Crippen LogP contribution in [0.25, 0.3) is 0 Å². The number of halogens is 1. The zero-order valence-corrected chi connectivity index (χ0v) is 17.9. The van der Waals surface area contributed by atoms with E-state index >= 15 is 0 Å². The van der Waals surface area contributed by atoms with Crippen molar-refractivity contribution < 1.29 is 14.6 Å². The largest absolute Gasteiger partial charge is 0.506 e. The zero-order valence-electron chi connectivity index (χ0n) is 17.1. The number of nitrogens with one attached hydrogen (secondary N) is 1. The van der Waals surface area contributed by atoms with Gasteiger partial charge in [-0.3, -0.25) is 4.90 Å². The van der Waals surface area contributed by atoms with Crippen LogP contribution < -0.4 is 5.32 Å². The molecule has 0 amide bonds. The molecule has 0 aliphatic carbocycles. The summed E-state index contributed by atoms with van der Waals surface area (Å²) in [6.45, 7) is 8.40. The Bertz CT molecular complexity index is 874. The highest BCUT2D eigenvalue weighted by atomic mass is 35.5. The van der Waals surface area contributed by atoms with Crippen molar-refractivity contribution in [1.29, 1.82) is 0 Å². The second-order valence-corrected chi connectivity index (χ2v) is 8.05. The summed E-state index contributed by atoms with van der Waals surface area (Å²) < 4.78 is 4.91. The fourth-order valence-corrected chi connectivity index (χ4v) is 3.84. The van der Waals surface area contributed by atoms with Gasteiger partial charge in [0, 0.05) is 30.9 Å². The minimum absolute atomic E-state index is 0.147. The third kappa shape index (κ3) is 5.61. The predicted molar refractivity (Wildman–Crippen MR) is 115 cm³/mol. The van der Waals surface area contributed by atoms with Crippen LogP contribution in [0.5, 0.6) is 0 Å². The van der Waals surface area contributed by atoms with Crippen LogP contribution in [-0.4, -0.2) is 40.3 Å². The summed E-state index contributed by atoms with van der Waals surface area (Å²) in [4.78, 5) is 17.5. The maximum absolute atomic E-state index is 10.7. The molecule has 1 aliphatic rings. The number of nitrogens with zero attached hydrogens (tertiary/aromatic N) is 2. The predicted octanol–water partition coefficient (Wildman–Crippen LogP) is 5.18. The van der Waals surface area contributed by atoms with Gasteiger partial charge >= 0.3 is 6.16 Å². The number of benzene rings is 1. The van der Waals surface area contributed by atoms with E-state index in [1.165, 1.54) is 11.1 Å². The van der Waals surface area contributed by atoms with E-state index in [-0.39, 0.29) is 12.1 Å². The SMILES string of the molecule is CC[C@@H](Nc1cc(CN2CC[C@@H](OC(=O)O)C2)c(C)cn1)c1ccc(Cl)c(C)c1. The van der Waals surface area contributed by atoms with Crippen molar-refractivity contribution in [3.63, 3.8) is 0 Å². The van der Waals surface area contributed by atoms with Crippen molar-refractivity contribution in [2.75, 3.05) is 18.4 Å². The molecule has 2 atom stereocenters. The number of aromatic nitrogens is 1. The quantitative estimate of drug-likeness (QED) is 0.604. The molecule has 0 radical (unpaired) electrons. The number of carbonyl (C=O) groups is 1. The van der Waals surface area contributed by atoms with Crippen LogP contribution in [0.15, 0.2) is 30.5 Å². The van der Waals surface area contributed by atoms with Gasteiger partial charge in [0.15, 0.2) is 0 Å². The molecule has 0 unspecified atom stereocenters. The summed E-state index contributed by atoms with van der Waals surface area (Å²) in [7, 11) is 0. The van der Waals surface area contributed by atoms with Crippen LogP contribution in [0, 0.1) is 13.8 Å². The fraction of sp³-hybridized carbons (Fsp3) is 0.455. The number of anilines is 1. The summed E-state index contributed by atoms with van der Waals surface area (Å²) >= 11 is 6.17. The Morgan fingerprint density at radius 2 is 2.17 bits per heavy atom. The molecule has 1 aromatic heterocycles. The molecule has 7 heteroatoms. The lowest BCUT2D eigenvalue weighted by molar-refractivity contribution is 0.0548. The molecule has 1 aromatic carbocycles. The van der Waals surface area contributed by atoms with Crippen LogP contribution in [-0.2, 0) is 11.3 Å². The van der Waals surface area contributed by atoms with E-state index in [1.54, 1.807) is 0 Å². The third-order valence-electron chi connectivity index (χ3n) is 5.42. The molecular weight excluding hydrogens is 390 g/mol. The molecule has 29 heavy (non-hydrogen) atoms. The smallest absolute Gasteiger partial charge is 0.450 e. The van der Waals surface area contributed by atoms with E-state index in [1.807, 2.05) is 26.1 Å². The van der Waals surface area contributed by atoms with Crippen molar-refractivity contribution in [3.05, 3.63) is 57.7 Å². The Labute approximate surface area is 176 Å². The molecule has 6 nitrogen and oxygen atoms in total. The van der Waals surface area contributed by atoms with Gasteiger partial charge in [0.1, 0.15) is 11.9 Å². The summed E-state index contributed by atoms with van der Waals surface area (Å²) in [5.41, 5.74) is 4.55. The molecule has 156 valence electrons. The highest BCUT2D eigenvalue weighted by Gasteiger charge is 2.26. The number of rotatable bonds is 7. The van der Waals surface area contributed by atoms with E-state index in [0.29, 0.717) is 6.54 Å². The Morgan fingerprint density at radius 3 is 2.86 bits per heavy atom. The van der Waals surface area contributed by atoms with E-state index in [0.717, 1.165) is 47.9 Å². The van der Waals surface area contributed by atoms with Gasteiger partial charge in [-0.2, -0.15) is 0 Å². The first-order valence-corrected chi connectivity index (χ1v) is 10.3. The van der Waals surface area contributed by atoms with Crippen LogP contribution in [0.1, 0.15) is 48.1 Å². The van der Waals surface area contributed by atoms with Crippen molar-refractivity contribution in [1.82, 2.24) is 9.88 Å². The van der Waals surface area contributed by atoms with E-state index in [9.17, 15) is 4.79 Å². The Morgan fingerprint density at radius 1 is 1.38 bits per heavy atom. The minimum Gasteiger partial charge on any atom is -0.450 e. The summed E-state index contributed by atoms with van der Waals surface area (Å²) in [6.07, 6.45) is 2.09. The van der Waals surface area contributed by atoms with Crippen LogP contribution >= 0.6 is 11.6 Å². The van der Waals surface area contributed by atoms with Crippen molar-refractivity contribution >= 4 is 23.6 Å². The first-order chi connectivity index (χ1) is 13.9. The monoisotopic (exact) mass is 417 g/mol. The highest BCUT2D eigenvalue weighted by Crippen LogP contribution is 2.27. The van der Waals surface area contributed by atoms with Gasteiger partial charge in [0.25, 0.3) is 0 Å². The second kappa shape index (κ2) is 9.46. The molecule has 0 spiro atoms. The Hall–Kier alpha value is -2.31. The van der Waals surface area contributed by atoms with Crippen molar-refractivity contribution in [3.8, 4) is 0 Å². The van der Waals surface area contributed by atoms with Crippen molar-refractivity contribution in [2.24, 2.45) is 0 Å². The molecule has 3 rings (SSSR count). The lowest BCUT2D eigenvalue weighted by Crippen LogP contribution is -2.24. The van der Waals surface area contributed by atoms with Crippen LogP contribution in [0.4, 0.5) is 10.6 Å². The van der Waals surface area contributed by atoms with Crippen LogP contribution in [0.2, 0.25) is 5.02 Å². The van der Waals surface area contributed by atoms with Gasteiger partial charge in [-0.05, 0) is 61.1 Å². The molecule has 0 bridgehead atoms. The van der Waals surface area contributed by atoms with E-state index in [4.69, 9.17) is 21.4 Å². The van der Waals surface area contributed by atoms with Crippen LogP contribution in [0.3, 0.4) is 0 Å². The first kappa shape index (κ1) is 21.4. The van der Waals surface area contributed by atoms with E-state index < -0.39 is 6.16 Å². The number of ether oxygens (including phenoxy) is 1. The zero-order chi connectivity index (χ0) is 21.0. The van der Waals surface area contributed by atoms with Gasteiger partial charge in [-0.1, -0.05) is 30.7 Å². The minimum atomic E-state index is -1.20. The number of hydrogen-bond donors (Lipinski definition) is 2. The number of likely N-dealkylation sites (tertiary alicyclic amines) is 1. The average Bonchev–Trinajstić information content (AvgIpc) is 3.10. The topological polar surface area (TPSA) is 74.7 Å².